The first-order valence-corrected chi connectivity index (χ1v) is 15.4. The number of carbonyl (C=O) groups excluding carboxylic acids is 1. The molecule has 0 amide bonds. The first-order chi connectivity index (χ1) is 21.6. The summed E-state index contributed by atoms with van der Waals surface area (Å²) in [6, 6.07) is 22.0. The van der Waals surface area contributed by atoms with E-state index in [2.05, 4.69) is 45.6 Å². The van der Waals surface area contributed by atoms with E-state index < -0.39 is 0 Å². The summed E-state index contributed by atoms with van der Waals surface area (Å²) >= 11 is 0. The van der Waals surface area contributed by atoms with E-state index in [1.807, 2.05) is 42.6 Å². The fourth-order valence-corrected chi connectivity index (χ4v) is 6.45. The van der Waals surface area contributed by atoms with E-state index in [1.54, 1.807) is 6.07 Å². The van der Waals surface area contributed by atoms with E-state index in [0.717, 1.165) is 84.5 Å². The molecule has 3 aromatic heterocycles. The molecule has 2 saturated heterocycles. The molecule has 0 bridgehead atoms. The maximum Gasteiger partial charge on any atom is 0.337 e. The van der Waals surface area contributed by atoms with Crippen LogP contribution in [-0.4, -0.2) is 63.3 Å². The van der Waals surface area contributed by atoms with Crippen LogP contribution >= 0.6 is 0 Å². The number of hydrogen-bond acceptors (Lipinski definition) is 8. The number of rotatable bonds is 9. The van der Waals surface area contributed by atoms with E-state index in [-0.39, 0.29) is 18.1 Å². The minimum atomic E-state index is -0.343. The van der Waals surface area contributed by atoms with Crippen molar-refractivity contribution in [2.24, 2.45) is 0 Å². The summed E-state index contributed by atoms with van der Waals surface area (Å²) in [6.45, 7) is 6.06. The van der Waals surface area contributed by atoms with Crippen molar-refractivity contribution in [1.82, 2.24) is 24.4 Å². The van der Waals surface area contributed by atoms with Gasteiger partial charge in [-0.25, -0.2) is 14.8 Å². The number of imidazole rings is 1. The summed E-state index contributed by atoms with van der Waals surface area (Å²) < 4.78 is 19.2. The van der Waals surface area contributed by atoms with E-state index >= 15 is 0 Å². The van der Waals surface area contributed by atoms with Crippen molar-refractivity contribution in [1.29, 1.82) is 0 Å². The molecule has 44 heavy (non-hydrogen) atoms. The molecule has 2 aromatic carbocycles. The predicted octanol–water partition coefficient (Wildman–Crippen LogP) is 6.07. The van der Waals surface area contributed by atoms with Gasteiger partial charge in [0.1, 0.15) is 12.4 Å². The molecule has 9 nitrogen and oxygen atoms in total. The smallest absolute Gasteiger partial charge is 0.337 e. The average Bonchev–Trinajstić information content (AvgIpc) is 3.42. The predicted molar refractivity (Wildman–Crippen MR) is 168 cm³/mol. The van der Waals surface area contributed by atoms with Crippen LogP contribution in [0.1, 0.15) is 65.6 Å². The van der Waals surface area contributed by atoms with Crippen LogP contribution in [0.4, 0.5) is 0 Å². The molecule has 2 fully saturated rings. The summed E-state index contributed by atoms with van der Waals surface area (Å²) in [7, 11) is 1.41. The number of esters is 1. The Bertz CT molecular complexity index is 1790. The van der Waals surface area contributed by atoms with E-state index in [4.69, 9.17) is 24.2 Å². The molecule has 2 aliphatic heterocycles. The topological polar surface area (TPSA) is 91.6 Å². The van der Waals surface area contributed by atoms with Gasteiger partial charge in [0.25, 0.3) is 0 Å². The highest BCUT2D eigenvalue weighted by molar-refractivity contribution is 5.93. The zero-order valence-corrected chi connectivity index (χ0v) is 25.2. The Hall–Kier alpha value is -4.34. The number of benzene rings is 2. The van der Waals surface area contributed by atoms with Gasteiger partial charge in [-0.05, 0) is 69.6 Å². The number of likely N-dealkylation sites (tertiary alicyclic amines) is 1. The molecule has 2 aliphatic rings. The normalized spacial score (nSPS) is 18.3. The Balaban J connectivity index is 1.04. The van der Waals surface area contributed by atoms with Gasteiger partial charge in [0, 0.05) is 41.4 Å². The van der Waals surface area contributed by atoms with Gasteiger partial charge in [-0.2, -0.15) is 0 Å². The Labute approximate surface area is 256 Å². The van der Waals surface area contributed by atoms with Crippen LogP contribution in [0.2, 0.25) is 0 Å². The van der Waals surface area contributed by atoms with Crippen molar-refractivity contribution in [2.45, 2.75) is 57.4 Å². The quantitative estimate of drug-likeness (QED) is 0.191. The number of para-hydroxylation sites is 1. The number of fused-ring (bicyclic) bond motifs is 2. The van der Waals surface area contributed by atoms with Crippen LogP contribution in [0.5, 0.6) is 5.88 Å². The second kappa shape index (κ2) is 12.3. The maximum atomic E-state index is 12.3. The Morgan fingerprint density at radius 3 is 2.64 bits per heavy atom. The molecule has 0 unspecified atom stereocenters. The van der Waals surface area contributed by atoms with Gasteiger partial charge in [0.05, 0.1) is 47.9 Å². The molecule has 0 saturated carbocycles. The van der Waals surface area contributed by atoms with Crippen LogP contribution in [0.25, 0.3) is 21.9 Å². The number of nitrogens with zero attached hydrogens (tertiary/aromatic N) is 5. The first kappa shape index (κ1) is 28.4. The number of ether oxygens (including phenoxy) is 3. The molecule has 226 valence electrons. The highest BCUT2D eigenvalue weighted by Gasteiger charge is 2.30. The lowest BCUT2D eigenvalue weighted by Gasteiger charge is -2.36. The summed E-state index contributed by atoms with van der Waals surface area (Å²) in [5.41, 5.74) is 5.45. The van der Waals surface area contributed by atoms with Crippen molar-refractivity contribution in [3.8, 4) is 5.88 Å². The molecule has 0 aliphatic carbocycles. The van der Waals surface area contributed by atoms with E-state index in [9.17, 15) is 4.79 Å². The van der Waals surface area contributed by atoms with Gasteiger partial charge in [0.15, 0.2) is 0 Å². The Kier molecular flexibility index (Phi) is 7.97. The highest BCUT2D eigenvalue weighted by atomic mass is 16.5. The number of hydrogen-bond donors (Lipinski definition) is 0. The zero-order valence-electron chi connectivity index (χ0n) is 25.2. The molecule has 9 heteroatoms. The number of carbonyl (C=O) groups is 1. The zero-order chi connectivity index (χ0) is 30.0. The lowest BCUT2D eigenvalue weighted by molar-refractivity contribution is -0.0594. The molecule has 2 atom stereocenters. The third kappa shape index (κ3) is 5.65. The van der Waals surface area contributed by atoms with E-state index in [0.29, 0.717) is 24.0 Å². The van der Waals surface area contributed by atoms with Gasteiger partial charge in [-0.15, -0.1) is 0 Å². The fourth-order valence-electron chi connectivity index (χ4n) is 6.45. The van der Waals surface area contributed by atoms with Crippen LogP contribution in [0.3, 0.4) is 0 Å². The number of piperidine rings is 1. The SMILES string of the molecule is COC(=O)c1ccc2nc([C@H](C)N3CCC(c4cccc(OCc5cccc6cccnc56)n4)CC3)n(C[C@@H]3CCO3)c2c1. The molecule has 5 aromatic rings. The van der Waals surface area contributed by atoms with Crippen molar-refractivity contribution in [2.75, 3.05) is 26.8 Å². The molecule has 0 spiro atoms. The molecule has 0 N–H and O–H groups in total. The van der Waals surface area contributed by atoms with Crippen LogP contribution in [-0.2, 0) is 22.6 Å². The largest absolute Gasteiger partial charge is 0.473 e. The lowest BCUT2D eigenvalue weighted by Crippen LogP contribution is -2.37. The summed E-state index contributed by atoms with van der Waals surface area (Å²) in [5.74, 6) is 1.67. The van der Waals surface area contributed by atoms with Crippen molar-refractivity contribution in [3.63, 3.8) is 0 Å². The maximum absolute atomic E-state index is 12.3. The molecular weight excluding hydrogens is 554 g/mol. The lowest BCUT2D eigenvalue weighted by atomic mass is 9.92. The second-order valence-corrected chi connectivity index (χ2v) is 11.7. The van der Waals surface area contributed by atoms with Crippen LogP contribution in [0, 0.1) is 0 Å². The summed E-state index contributed by atoms with van der Waals surface area (Å²) in [4.78, 5) is 29.3. The number of methoxy groups -OCH3 is 1. The second-order valence-electron chi connectivity index (χ2n) is 11.7. The summed E-state index contributed by atoms with van der Waals surface area (Å²) in [5, 5.41) is 1.11. The van der Waals surface area contributed by atoms with Crippen molar-refractivity contribution in [3.05, 3.63) is 95.6 Å². The summed E-state index contributed by atoms with van der Waals surface area (Å²) in [6.07, 6.45) is 5.03. The van der Waals surface area contributed by atoms with Gasteiger partial charge < -0.3 is 18.8 Å². The fraction of sp³-hybridized carbons (Fsp3) is 0.371. The van der Waals surface area contributed by atoms with Crippen LogP contribution in [0.15, 0.2) is 72.9 Å². The average molecular weight is 592 g/mol. The minimum absolute atomic E-state index is 0.113. The Morgan fingerprint density at radius 2 is 1.84 bits per heavy atom. The van der Waals surface area contributed by atoms with Gasteiger partial charge >= 0.3 is 5.97 Å². The standard InChI is InChI=1S/C35H37N5O4/c1-23(34-38-30-12-11-26(35(41)42-2)20-31(30)40(34)21-28-15-19-43-28)39-17-13-24(14-18-39)29-9-4-10-32(37-29)44-22-27-7-3-6-25-8-5-16-36-33(25)27/h3-12,16,20,23-24,28H,13-15,17-19,21-22H2,1-2H3/t23-,28-/m0/s1. The monoisotopic (exact) mass is 591 g/mol. The van der Waals surface area contributed by atoms with Gasteiger partial charge in [-0.3, -0.25) is 9.88 Å². The number of aromatic nitrogens is 4. The third-order valence-electron chi connectivity index (χ3n) is 9.08. The third-order valence-corrected chi connectivity index (χ3v) is 9.08. The van der Waals surface area contributed by atoms with E-state index in [1.165, 1.54) is 7.11 Å². The molecule has 0 radical (unpaired) electrons. The molecule has 5 heterocycles. The van der Waals surface area contributed by atoms with Crippen molar-refractivity contribution < 1.29 is 19.0 Å². The minimum Gasteiger partial charge on any atom is -0.473 e. The van der Waals surface area contributed by atoms with Crippen molar-refractivity contribution >= 4 is 27.9 Å². The molecule has 7 rings (SSSR count). The first-order valence-electron chi connectivity index (χ1n) is 15.4. The Morgan fingerprint density at radius 1 is 1.02 bits per heavy atom. The van der Waals surface area contributed by atoms with Gasteiger partial charge in [0.2, 0.25) is 5.88 Å². The molecular formula is C35H37N5O4. The van der Waals surface area contributed by atoms with Gasteiger partial charge in [-0.1, -0.05) is 30.3 Å². The number of pyridine rings is 2. The highest BCUT2D eigenvalue weighted by Crippen LogP contribution is 2.34. The van der Waals surface area contributed by atoms with Crippen LogP contribution < -0.4 is 4.74 Å².